The molecule has 2 rings (SSSR count). The maximum absolute atomic E-state index is 8.93. The summed E-state index contributed by atoms with van der Waals surface area (Å²) in [4.78, 5) is 0. The number of nitrogens with one attached hydrogen (secondary N) is 1. The fourth-order valence-corrected chi connectivity index (χ4v) is 2.28. The van der Waals surface area contributed by atoms with Crippen LogP contribution in [-0.2, 0) is 13.0 Å². The van der Waals surface area contributed by atoms with Crippen LogP contribution < -0.4 is 5.32 Å². The van der Waals surface area contributed by atoms with E-state index in [9.17, 15) is 0 Å². The molecule has 0 amide bonds. The van der Waals surface area contributed by atoms with E-state index >= 15 is 0 Å². The van der Waals surface area contributed by atoms with Crippen LogP contribution in [0.2, 0.25) is 0 Å². The normalized spacial score (nSPS) is 11.1. The zero-order chi connectivity index (χ0) is 15.1. The van der Waals surface area contributed by atoms with Gasteiger partial charge >= 0.3 is 0 Å². The van der Waals surface area contributed by atoms with Gasteiger partial charge in [0, 0.05) is 12.1 Å². The first kappa shape index (κ1) is 15.3. The molecule has 0 saturated heterocycles. The van der Waals surface area contributed by atoms with E-state index < -0.39 is 0 Å². The van der Waals surface area contributed by atoms with E-state index in [2.05, 4.69) is 61.6 Å². The molecular weight excluding hydrogens is 256 g/mol. The van der Waals surface area contributed by atoms with Crippen molar-refractivity contribution in [2.24, 2.45) is 0 Å². The van der Waals surface area contributed by atoms with Crippen molar-refractivity contribution in [2.75, 3.05) is 0 Å². The molecule has 2 aromatic carbocycles. The van der Waals surface area contributed by atoms with Gasteiger partial charge in [-0.3, -0.25) is 0 Å². The van der Waals surface area contributed by atoms with Crippen molar-refractivity contribution in [1.29, 1.82) is 5.26 Å². The third kappa shape index (κ3) is 5.06. The molecule has 0 saturated carbocycles. The number of nitrogens with zero attached hydrogens (tertiary/aromatic N) is 1. The molecule has 2 nitrogen and oxygen atoms in total. The lowest BCUT2D eigenvalue weighted by atomic mass is 9.95. The summed E-state index contributed by atoms with van der Waals surface area (Å²) in [6, 6.07) is 20.5. The maximum Gasteiger partial charge on any atom is 0.0991 e. The number of benzene rings is 2. The summed E-state index contributed by atoms with van der Waals surface area (Å²) in [5, 5.41) is 12.5. The quantitative estimate of drug-likeness (QED) is 0.865. The van der Waals surface area contributed by atoms with Crippen LogP contribution in [0.4, 0.5) is 0 Å². The molecule has 0 radical (unpaired) electrons. The lowest BCUT2D eigenvalue weighted by Crippen LogP contribution is -2.39. The van der Waals surface area contributed by atoms with Gasteiger partial charge < -0.3 is 5.32 Å². The Balaban J connectivity index is 1.87. The van der Waals surface area contributed by atoms with Crippen molar-refractivity contribution in [3.63, 3.8) is 0 Å². The Labute approximate surface area is 127 Å². The van der Waals surface area contributed by atoms with Gasteiger partial charge in [0.1, 0.15) is 0 Å². The first-order valence-corrected chi connectivity index (χ1v) is 7.37. The Hall–Kier alpha value is -2.11. The molecule has 0 heterocycles. The highest BCUT2D eigenvalue weighted by Gasteiger charge is 2.16. The summed E-state index contributed by atoms with van der Waals surface area (Å²) in [5.41, 5.74) is 3.32. The summed E-state index contributed by atoms with van der Waals surface area (Å²) >= 11 is 0. The van der Waals surface area contributed by atoms with Crippen molar-refractivity contribution in [3.05, 3.63) is 71.3 Å². The van der Waals surface area contributed by atoms with E-state index in [1.54, 1.807) is 0 Å². The van der Waals surface area contributed by atoms with Crippen molar-refractivity contribution >= 4 is 0 Å². The molecule has 0 aliphatic rings. The van der Waals surface area contributed by atoms with Crippen molar-refractivity contribution in [1.82, 2.24) is 5.32 Å². The van der Waals surface area contributed by atoms with Gasteiger partial charge in [0.25, 0.3) is 0 Å². The van der Waals surface area contributed by atoms with Crippen LogP contribution in [-0.4, -0.2) is 5.54 Å². The van der Waals surface area contributed by atoms with Crippen LogP contribution in [0.1, 0.15) is 37.0 Å². The average molecular weight is 278 g/mol. The third-order valence-electron chi connectivity index (χ3n) is 3.71. The number of aryl methyl sites for hydroxylation is 1. The molecule has 0 fully saturated rings. The topological polar surface area (TPSA) is 35.8 Å². The fourth-order valence-electron chi connectivity index (χ4n) is 2.28. The highest BCUT2D eigenvalue weighted by atomic mass is 14.9. The molecule has 0 aliphatic heterocycles. The molecule has 1 N–H and O–H groups in total. The Morgan fingerprint density at radius 2 is 1.71 bits per heavy atom. The van der Waals surface area contributed by atoms with E-state index in [-0.39, 0.29) is 5.54 Å². The van der Waals surface area contributed by atoms with Crippen LogP contribution in [0.5, 0.6) is 0 Å². The molecule has 2 aromatic rings. The van der Waals surface area contributed by atoms with Gasteiger partial charge in [0.05, 0.1) is 11.6 Å². The minimum Gasteiger partial charge on any atom is -0.308 e. The number of hydrogen-bond acceptors (Lipinski definition) is 2. The fraction of sp³-hybridized carbons (Fsp3) is 0.316. The van der Waals surface area contributed by atoms with Crippen LogP contribution in [0.25, 0.3) is 0 Å². The molecule has 0 spiro atoms. The minimum atomic E-state index is 0.0679. The number of rotatable bonds is 6. The summed E-state index contributed by atoms with van der Waals surface area (Å²) < 4.78 is 0. The summed E-state index contributed by atoms with van der Waals surface area (Å²) in [6.07, 6.45) is 2.15. The van der Waals surface area contributed by atoms with Gasteiger partial charge in [-0.15, -0.1) is 0 Å². The Morgan fingerprint density at radius 3 is 2.43 bits per heavy atom. The molecule has 0 unspecified atom stereocenters. The Morgan fingerprint density at radius 1 is 1.00 bits per heavy atom. The first-order valence-electron chi connectivity index (χ1n) is 7.37. The molecule has 21 heavy (non-hydrogen) atoms. The van der Waals surface area contributed by atoms with Crippen LogP contribution in [0, 0.1) is 11.3 Å². The highest BCUT2D eigenvalue weighted by molar-refractivity contribution is 5.32. The van der Waals surface area contributed by atoms with Gasteiger partial charge in [-0.2, -0.15) is 5.26 Å². The van der Waals surface area contributed by atoms with Crippen LogP contribution >= 0.6 is 0 Å². The second kappa shape index (κ2) is 7.06. The monoisotopic (exact) mass is 278 g/mol. The smallest absolute Gasteiger partial charge is 0.0991 e. The average Bonchev–Trinajstić information content (AvgIpc) is 2.52. The van der Waals surface area contributed by atoms with E-state index in [0.29, 0.717) is 0 Å². The van der Waals surface area contributed by atoms with Crippen molar-refractivity contribution in [2.45, 2.75) is 38.8 Å². The maximum atomic E-state index is 8.93. The van der Waals surface area contributed by atoms with E-state index in [4.69, 9.17) is 5.26 Å². The zero-order valence-corrected chi connectivity index (χ0v) is 12.8. The van der Waals surface area contributed by atoms with Gasteiger partial charge in [0.15, 0.2) is 0 Å². The molecule has 108 valence electrons. The second-order valence-electron chi connectivity index (χ2n) is 6.04. The summed E-state index contributed by atoms with van der Waals surface area (Å²) in [5.74, 6) is 0. The molecular formula is C19H22N2. The third-order valence-corrected chi connectivity index (χ3v) is 3.71. The molecule has 0 atom stereocenters. The lowest BCUT2D eigenvalue weighted by Gasteiger charge is -2.26. The molecule has 0 aliphatic carbocycles. The van der Waals surface area contributed by atoms with Gasteiger partial charge in [-0.1, -0.05) is 42.5 Å². The molecule has 2 heteroatoms. The van der Waals surface area contributed by atoms with Gasteiger partial charge in [-0.05, 0) is 49.9 Å². The molecule has 0 aromatic heterocycles. The van der Waals surface area contributed by atoms with Crippen LogP contribution in [0.3, 0.4) is 0 Å². The van der Waals surface area contributed by atoms with Gasteiger partial charge in [0.2, 0.25) is 0 Å². The summed E-state index contributed by atoms with van der Waals surface area (Å²) in [7, 11) is 0. The Kier molecular flexibility index (Phi) is 5.14. The van der Waals surface area contributed by atoms with E-state index in [1.165, 1.54) is 5.56 Å². The first-order chi connectivity index (χ1) is 10.1. The minimum absolute atomic E-state index is 0.0679. The second-order valence-corrected chi connectivity index (χ2v) is 6.04. The van der Waals surface area contributed by atoms with E-state index in [0.717, 1.165) is 30.5 Å². The zero-order valence-electron chi connectivity index (χ0n) is 12.8. The lowest BCUT2D eigenvalue weighted by molar-refractivity contribution is 0.360. The standard InChI is InChI=1S/C19H22N2/c1-19(2,12-11-16-7-4-3-5-8-16)21-15-18-10-6-9-17(13-18)14-20/h3-10,13,21H,11-12,15H2,1-2H3. The molecule has 0 bridgehead atoms. The number of hydrogen-bond donors (Lipinski definition) is 1. The predicted molar refractivity (Wildman–Crippen MR) is 86.8 cm³/mol. The number of nitriles is 1. The van der Waals surface area contributed by atoms with Gasteiger partial charge in [-0.25, -0.2) is 0 Å². The van der Waals surface area contributed by atoms with Crippen molar-refractivity contribution < 1.29 is 0 Å². The van der Waals surface area contributed by atoms with E-state index in [1.807, 2.05) is 18.2 Å². The van der Waals surface area contributed by atoms with Crippen molar-refractivity contribution in [3.8, 4) is 6.07 Å². The summed E-state index contributed by atoms with van der Waals surface area (Å²) in [6.45, 7) is 5.24. The largest absolute Gasteiger partial charge is 0.308 e. The van der Waals surface area contributed by atoms with Crippen LogP contribution in [0.15, 0.2) is 54.6 Å². The Bertz CT molecular complexity index is 609. The SMILES string of the molecule is CC(C)(CCc1ccccc1)NCc1cccc(C#N)c1. The predicted octanol–water partition coefficient (Wildman–Crippen LogP) is 4.06. The highest BCUT2D eigenvalue weighted by Crippen LogP contribution is 2.15.